The van der Waals surface area contributed by atoms with Gasteiger partial charge in [0.2, 0.25) is 5.91 Å². The van der Waals surface area contributed by atoms with Crippen LogP contribution in [0.25, 0.3) is 10.9 Å². The fourth-order valence-corrected chi connectivity index (χ4v) is 6.10. The average Bonchev–Trinajstić information content (AvgIpc) is 3.75. The van der Waals surface area contributed by atoms with Gasteiger partial charge in [0.15, 0.2) is 5.88 Å². The van der Waals surface area contributed by atoms with Crippen molar-refractivity contribution in [3.05, 3.63) is 83.9 Å². The fourth-order valence-electron chi connectivity index (χ4n) is 6.10. The molecule has 1 aromatic heterocycles. The highest BCUT2D eigenvalue weighted by molar-refractivity contribution is 6.62. The lowest BCUT2D eigenvalue weighted by molar-refractivity contribution is -0.119. The zero-order valence-corrected chi connectivity index (χ0v) is 27.5. The van der Waals surface area contributed by atoms with Crippen molar-refractivity contribution in [3.63, 3.8) is 0 Å². The molecule has 0 aliphatic carbocycles. The summed E-state index contributed by atoms with van der Waals surface area (Å²) in [6, 6.07) is 22.3. The molecular formula is C35H42BN5O8. The molecule has 3 aromatic carbocycles. The minimum Gasteiger partial charge on any atom is -0.494 e. The van der Waals surface area contributed by atoms with Gasteiger partial charge >= 0.3 is 7.12 Å². The van der Waals surface area contributed by atoms with E-state index >= 15 is 0 Å². The number of benzene rings is 3. The number of carbonyl (C=O) groups is 1. The van der Waals surface area contributed by atoms with E-state index in [9.17, 15) is 25.2 Å². The van der Waals surface area contributed by atoms with Gasteiger partial charge in [-0.05, 0) is 42.8 Å². The van der Waals surface area contributed by atoms with Crippen molar-refractivity contribution in [1.29, 1.82) is 0 Å². The van der Waals surface area contributed by atoms with E-state index in [1.165, 1.54) is 0 Å². The molecule has 4 atom stereocenters. The van der Waals surface area contributed by atoms with Gasteiger partial charge in [0, 0.05) is 55.4 Å². The summed E-state index contributed by atoms with van der Waals surface area (Å²) in [7, 11) is 2.99. The number of hydrogen-bond acceptors (Lipinski definition) is 11. The molecule has 2 aliphatic heterocycles. The van der Waals surface area contributed by atoms with Crippen LogP contribution >= 0.6 is 0 Å². The highest BCUT2D eigenvalue weighted by Gasteiger charge is 2.41. The van der Waals surface area contributed by atoms with Gasteiger partial charge in [-0.2, -0.15) is 0 Å². The molecule has 0 bridgehead atoms. The Morgan fingerprint density at radius 2 is 1.76 bits per heavy atom. The van der Waals surface area contributed by atoms with Gasteiger partial charge in [-0.3, -0.25) is 9.69 Å². The Balaban J connectivity index is 1.23. The van der Waals surface area contributed by atoms with Crippen molar-refractivity contribution < 1.29 is 39.6 Å². The number of anilines is 1. The Morgan fingerprint density at radius 3 is 2.45 bits per heavy atom. The fraction of sp³-hybridized carbons (Fsp3) is 0.371. The van der Waals surface area contributed by atoms with Crippen molar-refractivity contribution in [1.82, 2.24) is 14.8 Å². The van der Waals surface area contributed by atoms with Crippen molar-refractivity contribution in [3.8, 4) is 5.88 Å². The van der Waals surface area contributed by atoms with E-state index in [-0.39, 0.29) is 18.4 Å². The molecule has 6 rings (SSSR count). The Kier molecular flexibility index (Phi) is 10.8. The van der Waals surface area contributed by atoms with E-state index in [1.54, 1.807) is 24.1 Å². The molecule has 3 heterocycles. The predicted molar refractivity (Wildman–Crippen MR) is 187 cm³/mol. The number of rotatable bonds is 11. The van der Waals surface area contributed by atoms with Crippen LogP contribution in [-0.4, -0.2) is 144 Å². The number of likely N-dealkylation sites (N-methyl/N-ethyl adjacent to an activating group) is 2. The van der Waals surface area contributed by atoms with E-state index in [1.807, 2.05) is 60.7 Å². The first-order valence-corrected chi connectivity index (χ1v) is 16.3. The van der Waals surface area contributed by atoms with Crippen LogP contribution in [0, 0.1) is 0 Å². The second-order valence-corrected chi connectivity index (χ2v) is 12.6. The summed E-state index contributed by atoms with van der Waals surface area (Å²) in [6.45, 7) is 3.24. The Morgan fingerprint density at radius 1 is 1.04 bits per heavy atom. The van der Waals surface area contributed by atoms with Crippen molar-refractivity contribution in [2.75, 3.05) is 64.9 Å². The third-order valence-corrected chi connectivity index (χ3v) is 9.19. The molecule has 0 spiro atoms. The summed E-state index contributed by atoms with van der Waals surface area (Å²) in [5, 5.41) is 51.3. The lowest BCUT2D eigenvalue weighted by Crippen LogP contribution is -2.48. The number of aliphatic hydroxyl groups excluding tert-OH is 4. The topological polar surface area (TPSA) is 175 Å². The van der Waals surface area contributed by atoms with Crippen LogP contribution < -0.4 is 10.4 Å². The summed E-state index contributed by atoms with van der Waals surface area (Å²) in [5.74, 6) is -0.0599. The standard InChI is InChI=1S/C35H42BN5O8/c1-39-14-16-41(17-15-39)19-30(44)40(2)25-11-9-24(10-12-25)37-32(22-6-4-3-5-7-22)31-26-13-8-23(18-27(26)38-35(31)47)36-48-21-29(49-36)34(46)33(45)28(43)20-42/h3-13,18,28-29,33-34,38,42-43,45-47H,14-17,19-21H2,1-2H3/t28-,29+,33+,34+/m0/s1. The van der Waals surface area contributed by atoms with E-state index < -0.39 is 38.1 Å². The van der Waals surface area contributed by atoms with E-state index in [2.05, 4.69) is 21.8 Å². The van der Waals surface area contributed by atoms with Gasteiger partial charge in [-0.1, -0.05) is 42.5 Å². The Hall–Kier alpha value is -4.12. The van der Waals surface area contributed by atoms with Gasteiger partial charge in [0.05, 0.1) is 42.8 Å². The first kappa shape index (κ1) is 34.7. The normalized spacial score (nSPS) is 19.7. The maximum atomic E-state index is 13.0. The second kappa shape index (κ2) is 15.2. The number of aromatic nitrogens is 1. The number of aromatic amines is 1. The maximum Gasteiger partial charge on any atom is 0.494 e. The molecule has 0 unspecified atom stereocenters. The van der Waals surface area contributed by atoms with Crippen LogP contribution in [-0.2, 0) is 14.1 Å². The molecule has 2 fully saturated rings. The summed E-state index contributed by atoms with van der Waals surface area (Å²) in [6.07, 6.45) is -5.53. The molecule has 0 radical (unpaired) electrons. The summed E-state index contributed by atoms with van der Waals surface area (Å²) in [5.41, 5.74) is 4.42. The smallest absolute Gasteiger partial charge is 0.494 e. The molecular weight excluding hydrogens is 629 g/mol. The number of aromatic hydroxyl groups is 1. The van der Waals surface area contributed by atoms with Crippen molar-refractivity contribution in [2.24, 2.45) is 4.99 Å². The minimum atomic E-state index is -1.61. The third-order valence-electron chi connectivity index (χ3n) is 9.19. The maximum absolute atomic E-state index is 13.0. The zero-order valence-electron chi connectivity index (χ0n) is 27.5. The third kappa shape index (κ3) is 7.72. The highest BCUT2D eigenvalue weighted by Crippen LogP contribution is 2.32. The Labute approximate surface area is 284 Å². The van der Waals surface area contributed by atoms with Crippen LogP contribution in [0.4, 0.5) is 11.4 Å². The highest BCUT2D eigenvalue weighted by atomic mass is 16.6. The molecule has 1 amide bonds. The van der Waals surface area contributed by atoms with Crippen LogP contribution in [0.3, 0.4) is 0 Å². The molecule has 2 saturated heterocycles. The summed E-state index contributed by atoms with van der Waals surface area (Å²) >= 11 is 0. The van der Waals surface area contributed by atoms with Gasteiger partial charge in [0.1, 0.15) is 18.3 Å². The lowest BCUT2D eigenvalue weighted by Gasteiger charge is -2.32. The van der Waals surface area contributed by atoms with E-state index in [4.69, 9.17) is 19.4 Å². The number of aliphatic imine (C=N–C) groups is 1. The number of piperazine rings is 1. The first-order valence-electron chi connectivity index (χ1n) is 16.3. The second-order valence-electron chi connectivity index (χ2n) is 12.6. The number of carbonyl (C=O) groups excluding carboxylic acids is 1. The van der Waals surface area contributed by atoms with E-state index in [0.717, 1.165) is 37.4 Å². The summed E-state index contributed by atoms with van der Waals surface area (Å²) < 4.78 is 11.6. The largest absolute Gasteiger partial charge is 0.494 e. The molecule has 0 saturated carbocycles. The van der Waals surface area contributed by atoms with Gasteiger partial charge in [0.25, 0.3) is 0 Å². The quantitative estimate of drug-likeness (QED) is 0.0970. The van der Waals surface area contributed by atoms with Crippen molar-refractivity contribution >= 4 is 46.5 Å². The van der Waals surface area contributed by atoms with Gasteiger partial charge in [-0.25, -0.2) is 4.99 Å². The van der Waals surface area contributed by atoms with Crippen LogP contribution in [0.5, 0.6) is 5.88 Å². The van der Waals surface area contributed by atoms with Crippen molar-refractivity contribution in [2.45, 2.75) is 24.4 Å². The molecule has 49 heavy (non-hydrogen) atoms. The number of nitrogens with zero attached hydrogens (tertiary/aromatic N) is 4. The van der Waals surface area contributed by atoms with Crippen LogP contribution in [0.1, 0.15) is 11.1 Å². The molecule has 4 aromatic rings. The molecule has 13 nitrogen and oxygen atoms in total. The minimum absolute atomic E-state index is 0.0204. The van der Waals surface area contributed by atoms with Crippen LogP contribution in [0.15, 0.2) is 77.8 Å². The van der Waals surface area contributed by atoms with E-state index in [0.29, 0.717) is 39.9 Å². The summed E-state index contributed by atoms with van der Waals surface area (Å²) in [4.78, 5) is 27.1. The predicted octanol–water partition coefficient (Wildman–Crippen LogP) is 0.438. The van der Waals surface area contributed by atoms with Gasteiger partial charge in [-0.15, -0.1) is 0 Å². The number of nitrogens with one attached hydrogen (secondary N) is 1. The van der Waals surface area contributed by atoms with Gasteiger partial charge < -0.3 is 49.6 Å². The lowest BCUT2D eigenvalue weighted by atomic mass is 9.79. The van der Waals surface area contributed by atoms with Crippen LogP contribution in [0.2, 0.25) is 0 Å². The molecule has 258 valence electrons. The monoisotopic (exact) mass is 671 g/mol. The molecule has 2 aliphatic rings. The number of hydrogen-bond donors (Lipinski definition) is 6. The molecule has 6 N–H and O–H groups in total. The number of fused-ring (bicyclic) bond motifs is 1. The first-order chi connectivity index (χ1) is 23.6. The Bertz CT molecular complexity index is 1760. The zero-order chi connectivity index (χ0) is 34.7. The average molecular weight is 672 g/mol. The SMILES string of the molecule is CN1CCN(CC(=O)N(C)c2ccc(N=C(c3ccccc3)c3c(O)[nH]c4cc(B5OC[C@H]([C@@H](O)[C@H](O)[C@@H](O)CO)O5)ccc34)cc2)CC1. The number of aliphatic hydroxyl groups is 4. The molecule has 14 heteroatoms. The number of amides is 1. The number of H-pyrrole nitrogens is 1.